The van der Waals surface area contributed by atoms with Gasteiger partial charge in [0.2, 0.25) is 5.91 Å². The number of benzene rings is 2. The van der Waals surface area contributed by atoms with Crippen molar-refractivity contribution in [3.8, 4) is 0 Å². The molecule has 0 aliphatic rings. The number of nitrogens with zero attached hydrogens (tertiary/aromatic N) is 1. The number of nitro benzene ring substituents is 1. The van der Waals surface area contributed by atoms with Crippen molar-refractivity contribution in [1.82, 2.24) is 0 Å². The molecule has 0 fully saturated rings. The number of carbonyl (C=O) groups is 2. The second-order valence-corrected chi connectivity index (χ2v) is 6.79. The molecule has 0 spiro atoms. The summed E-state index contributed by atoms with van der Waals surface area (Å²) >= 11 is 0. The summed E-state index contributed by atoms with van der Waals surface area (Å²) in [7, 11) is -4.14. The Balaban J connectivity index is 2.35. The largest absolute Gasteiger partial charge is 0.478 e. The number of nitro groups is 1. The average Bonchev–Trinajstić information content (AvgIpc) is 2.54. The Morgan fingerprint density at radius 1 is 1.12 bits per heavy atom. The molecule has 0 aliphatic carbocycles. The van der Waals surface area contributed by atoms with Crippen LogP contribution in [0.5, 0.6) is 0 Å². The maximum Gasteiger partial charge on any atom is 0.338 e. The molecule has 136 valence electrons. The first kappa shape index (κ1) is 18.9. The lowest BCUT2D eigenvalue weighted by atomic mass is 10.1. The van der Waals surface area contributed by atoms with Crippen molar-refractivity contribution in [2.75, 3.05) is 10.0 Å². The molecule has 10 nitrogen and oxygen atoms in total. The van der Waals surface area contributed by atoms with Gasteiger partial charge in [0.05, 0.1) is 21.1 Å². The SMILES string of the molecule is CC(=O)Nc1ccc(S(=O)(=O)Nc2ccc([N+](=O)[O-])cc2C(=O)O)cc1. The highest BCUT2D eigenvalue weighted by molar-refractivity contribution is 7.92. The van der Waals surface area contributed by atoms with Crippen LogP contribution in [0.2, 0.25) is 0 Å². The van der Waals surface area contributed by atoms with Crippen molar-refractivity contribution < 1.29 is 28.0 Å². The number of carboxylic acid groups (broad SMARTS) is 1. The molecule has 2 aromatic carbocycles. The molecule has 3 N–H and O–H groups in total. The Hall–Kier alpha value is -3.47. The van der Waals surface area contributed by atoms with E-state index < -0.39 is 32.2 Å². The summed E-state index contributed by atoms with van der Waals surface area (Å²) < 4.78 is 26.9. The first-order chi connectivity index (χ1) is 12.1. The van der Waals surface area contributed by atoms with E-state index in [1.807, 2.05) is 0 Å². The van der Waals surface area contributed by atoms with E-state index in [-0.39, 0.29) is 16.5 Å². The molecular weight excluding hydrogens is 366 g/mol. The molecule has 1 amide bonds. The van der Waals surface area contributed by atoms with E-state index >= 15 is 0 Å². The zero-order valence-corrected chi connectivity index (χ0v) is 14.1. The summed E-state index contributed by atoms with van der Waals surface area (Å²) in [6.45, 7) is 1.30. The Labute approximate surface area is 147 Å². The molecular formula is C15H13N3O7S. The summed E-state index contributed by atoms with van der Waals surface area (Å²) in [5, 5.41) is 22.4. The first-order valence-electron chi connectivity index (χ1n) is 7.02. The summed E-state index contributed by atoms with van der Waals surface area (Å²) in [5.41, 5.74) is -0.963. The number of carboxylic acids is 1. The van der Waals surface area contributed by atoms with Gasteiger partial charge in [-0.05, 0) is 30.3 Å². The summed E-state index contributed by atoms with van der Waals surface area (Å²) in [6, 6.07) is 7.93. The van der Waals surface area contributed by atoms with Crippen molar-refractivity contribution in [3.05, 3.63) is 58.1 Å². The predicted molar refractivity (Wildman–Crippen MR) is 91.6 cm³/mol. The molecule has 0 heterocycles. The van der Waals surface area contributed by atoms with Crippen LogP contribution in [0.4, 0.5) is 17.1 Å². The van der Waals surface area contributed by atoms with Crippen LogP contribution >= 0.6 is 0 Å². The van der Waals surface area contributed by atoms with Gasteiger partial charge < -0.3 is 10.4 Å². The van der Waals surface area contributed by atoms with Gasteiger partial charge in [0.1, 0.15) is 0 Å². The fourth-order valence-corrected chi connectivity index (χ4v) is 3.12. The predicted octanol–water partition coefficient (Wildman–Crippen LogP) is 2.05. The lowest BCUT2D eigenvalue weighted by Gasteiger charge is -2.11. The standard InChI is InChI=1S/C15H13N3O7S/c1-9(19)16-10-2-5-12(6-3-10)26(24,25)17-14-7-4-11(18(22)23)8-13(14)15(20)21/h2-8,17H,1H3,(H,16,19)(H,20,21). The van der Waals surface area contributed by atoms with Crippen LogP contribution in [0.15, 0.2) is 47.4 Å². The molecule has 0 bridgehead atoms. The fraction of sp³-hybridized carbons (Fsp3) is 0.0667. The average molecular weight is 379 g/mol. The van der Waals surface area contributed by atoms with Crippen molar-refractivity contribution in [2.45, 2.75) is 11.8 Å². The van der Waals surface area contributed by atoms with Gasteiger partial charge in [0.15, 0.2) is 0 Å². The van der Waals surface area contributed by atoms with Crippen LogP contribution in [0, 0.1) is 10.1 Å². The maximum absolute atomic E-state index is 12.4. The van der Waals surface area contributed by atoms with Gasteiger partial charge in [-0.25, -0.2) is 13.2 Å². The highest BCUT2D eigenvalue weighted by Crippen LogP contribution is 2.25. The molecule has 0 unspecified atom stereocenters. The number of hydrogen-bond donors (Lipinski definition) is 3. The number of non-ortho nitro benzene ring substituents is 1. The topological polar surface area (TPSA) is 156 Å². The number of anilines is 2. The summed E-state index contributed by atoms with van der Waals surface area (Å²) in [4.78, 5) is 32.0. The van der Waals surface area contributed by atoms with Gasteiger partial charge >= 0.3 is 5.97 Å². The molecule has 11 heteroatoms. The van der Waals surface area contributed by atoms with Gasteiger partial charge in [0, 0.05) is 24.7 Å². The zero-order chi connectivity index (χ0) is 19.5. The van der Waals surface area contributed by atoms with Crippen LogP contribution in [-0.4, -0.2) is 30.3 Å². The number of carbonyl (C=O) groups excluding carboxylic acids is 1. The van der Waals surface area contributed by atoms with Crippen molar-refractivity contribution in [1.29, 1.82) is 0 Å². The molecule has 0 aromatic heterocycles. The Morgan fingerprint density at radius 3 is 2.23 bits per heavy atom. The third kappa shape index (κ3) is 4.33. The molecule has 2 rings (SSSR count). The van der Waals surface area contributed by atoms with Crippen LogP contribution in [0.3, 0.4) is 0 Å². The normalized spacial score (nSPS) is 10.8. The maximum atomic E-state index is 12.4. The number of nitrogens with one attached hydrogen (secondary N) is 2. The lowest BCUT2D eigenvalue weighted by Crippen LogP contribution is -2.16. The lowest BCUT2D eigenvalue weighted by molar-refractivity contribution is -0.384. The third-order valence-corrected chi connectivity index (χ3v) is 4.56. The summed E-state index contributed by atoms with van der Waals surface area (Å²) in [6.07, 6.45) is 0. The molecule has 0 saturated carbocycles. The van der Waals surface area contributed by atoms with Crippen molar-refractivity contribution in [3.63, 3.8) is 0 Å². The van der Waals surface area contributed by atoms with Crippen LogP contribution in [0.25, 0.3) is 0 Å². The quantitative estimate of drug-likeness (QED) is 0.512. The molecule has 0 aliphatic heterocycles. The second kappa shape index (κ2) is 7.19. The number of amides is 1. The Bertz CT molecular complexity index is 985. The van der Waals surface area contributed by atoms with E-state index in [1.165, 1.54) is 31.2 Å². The van der Waals surface area contributed by atoms with Gasteiger partial charge in [0.25, 0.3) is 15.7 Å². The smallest absolute Gasteiger partial charge is 0.338 e. The highest BCUT2D eigenvalue weighted by atomic mass is 32.2. The molecule has 26 heavy (non-hydrogen) atoms. The minimum Gasteiger partial charge on any atom is -0.478 e. The number of hydrogen-bond acceptors (Lipinski definition) is 6. The molecule has 0 saturated heterocycles. The monoisotopic (exact) mass is 379 g/mol. The van der Waals surface area contributed by atoms with Crippen LogP contribution in [0.1, 0.15) is 17.3 Å². The number of sulfonamides is 1. The zero-order valence-electron chi connectivity index (χ0n) is 13.3. The van der Waals surface area contributed by atoms with Gasteiger partial charge in [-0.1, -0.05) is 0 Å². The van der Waals surface area contributed by atoms with E-state index in [4.69, 9.17) is 5.11 Å². The van der Waals surface area contributed by atoms with Gasteiger partial charge in [-0.2, -0.15) is 0 Å². The molecule has 2 aromatic rings. The Morgan fingerprint density at radius 2 is 1.73 bits per heavy atom. The number of aromatic carboxylic acids is 1. The molecule has 0 radical (unpaired) electrons. The van der Waals surface area contributed by atoms with E-state index in [0.717, 1.165) is 18.2 Å². The van der Waals surface area contributed by atoms with Crippen LogP contribution in [-0.2, 0) is 14.8 Å². The number of rotatable bonds is 6. The van der Waals surface area contributed by atoms with Gasteiger partial charge in [-0.3, -0.25) is 19.6 Å². The van der Waals surface area contributed by atoms with Crippen molar-refractivity contribution >= 4 is 39.0 Å². The third-order valence-electron chi connectivity index (χ3n) is 3.17. The minimum absolute atomic E-state index is 0.179. The fourth-order valence-electron chi connectivity index (χ4n) is 2.04. The second-order valence-electron chi connectivity index (χ2n) is 5.10. The van der Waals surface area contributed by atoms with Crippen LogP contribution < -0.4 is 10.0 Å². The first-order valence-corrected chi connectivity index (χ1v) is 8.50. The minimum atomic E-state index is -4.14. The van der Waals surface area contributed by atoms with Gasteiger partial charge in [-0.15, -0.1) is 0 Å². The highest BCUT2D eigenvalue weighted by Gasteiger charge is 2.21. The Kier molecular flexibility index (Phi) is 5.22. The van der Waals surface area contributed by atoms with Crippen molar-refractivity contribution in [2.24, 2.45) is 0 Å². The summed E-state index contributed by atoms with van der Waals surface area (Å²) in [5.74, 6) is -1.84. The van der Waals surface area contributed by atoms with E-state index in [1.54, 1.807) is 0 Å². The molecule has 0 atom stereocenters. The van der Waals surface area contributed by atoms with E-state index in [2.05, 4.69) is 10.0 Å². The van der Waals surface area contributed by atoms with E-state index in [0.29, 0.717) is 5.69 Å². The van der Waals surface area contributed by atoms with E-state index in [9.17, 15) is 28.1 Å².